The second-order valence-corrected chi connectivity index (χ2v) is 4.81. The molecule has 0 fully saturated rings. The lowest BCUT2D eigenvalue weighted by Gasteiger charge is -2.16. The highest BCUT2D eigenvalue weighted by Crippen LogP contribution is 2.17. The maximum absolute atomic E-state index is 12.1. The third-order valence-electron chi connectivity index (χ3n) is 3.30. The van der Waals surface area contributed by atoms with Crippen LogP contribution in [0, 0.1) is 6.92 Å². The van der Waals surface area contributed by atoms with E-state index >= 15 is 0 Å². The lowest BCUT2D eigenvalue weighted by atomic mass is 10.0. The van der Waals surface area contributed by atoms with E-state index in [1.54, 1.807) is 12.3 Å². The Morgan fingerprint density at radius 1 is 1.30 bits per heavy atom. The molecule has 0 aliphatic rings. The van der Waals surface area contributed by atoms with Crippen LogP contribution < -0.4 is 11.1 Å². The Hall–Kier alpha value is -2.20. The summed E-state index contributed by atoms with van der Waals surface area (Å²) < 4.78 is 0. The van der Waals surface area contributed by atoms with Crippen molar-refractivity contribution in [3.8, 4) is 0 Å². The number of aryl methyl sites for hydroxylation is 1. The molecule has 1 aromatic carbocycles. The molecule has 4 heteroatoms. The smallest absolute Gasteiger partial charge is 0.270 e. The SMILES string of the molecule is Cc1ccccc1C(C)NC(=O)c1ccc(CN)cn1. The molecule has 1 unspecified atom stereocenters. The molecule has 0 saturated carbocycles. The van der Waals surface area contributed by atoms with Crippen LogP contribution in [0.4, 0.5) is 0 Å². The van der Waals surface area contributed by atoms with Crippen molar-refractivity contribution < 1.29 is 4.79 Å². The minimum absolute atomic E-state index is 0.0558. The Labute approximate surface area is 119 Å². The van der Waals surface area contributed by atoms with Gasteiger partial charge in [0, 0.05) is 12.7 Å². The van der Waals surface area contributed by atoms with E-state index in [1.807, 2.05) is 44.2 Å². The van der Waals surface area contributed by atoms with Crippen molar-refractivity contribution in [3.05, 3.63) is 65.0 Å². The van der Waals surface area contributed by atoms with Crippen LogP contribution in [-0.2, 0) is 6.54 Å². The molecule has 0 radical (unpaired) electrons. The van der Waals surface area contributed by atoms with Gasteiger partial charge in [-0.25, -0.2) is 0 Å². The van der Waals surface area contributed by atoms with Crippen LogP contribution in [0.25, 0.3) is 0 Å². The van der Waals surface area contributed by atoms with E-state index in [1.165, 1.54) is 0 Å². The van der Waals surface area contributed by atoms with Gasteiger partial charge < -0.3 is 11.1 Å². The van der Waals surface area contributed by atoms with Crippen LogP contribution in [0.15, 0.2) is 42.6 Å². The van der Waals surface area contributed by atoms with Gasteiger partial charge in [0.15, 0.2) is 0 Å². The Kier molecular flexibility index (Phi) is 4.48. The molecule has 0 aliphatic heterocycles. The van der Waals surface area contributed by atoms with Crippen molar-refractivity contribution in [2.45, 2.75) is 26.4 Å². The van der Waals surface area contributed by atoms with Gasteiger partial charge in [0.1, 0.15) is 5.69 Å². The normalized spacial score (nSPS) is 11.9. The summed E-state index contributed by atoms with van der Waals surface area (Å²) in [6.07, 6.45) is 1.63. The summed E-state index contributed by atoms with van der Waals surface area (Å²) in [6.45, 7) is 4.43. The topological polar surface area (TPSA) is 68.0 Å². The first kappa shape index (κ1) is 14.2. The van der Waals surface area contributed by atoms with Gasteiger partial charge in [-0.1, -0.05) is 30.3 Å². The summed E-state index contributed by atoms with van der Waals surface area (Å²) in [6, 6.07) is 11.5. The number of benzene rings is 1. The summed E-state index contributed by atoms with van der Waals surface area (Å²) in [5.74, 6) is -0.177. The Morgan fingerprint density at radius 3 is 2.65 bits per heavy atom. The molecule has 2 rings (SSSR count). The zero-order valence-corrected chi connectivity index (χ0v) is 11.8. The van der Waals surface area contributed by atoms with Crippen LogP contribution in [-0.4, -0.2) is 10.9 Å². The standard InChI is InChI=1S/C16H19N3O/c1-11-5-3-4-6-14(11)12(2)19-16(20)15-8-7-13(9-17)10-18-15/h3-8,10,12H,9,17H2,1-2H3,(H,19,20). The molecule has 3 N–H and O–H groups in total. The first-order valence-electron chi connectivity index (χ1n) is 6.63. The number of nitrogens with one attached hydrogen (secondary N) is 1. The molecule has 0 spiro atoms. The maximum atomic E-state index is 12.1. The fourth-order valence-electron chi connectivity index (χ4n) is 2.10. The molecule has 0 saturated heterocycles. The van der Waals surface area contributed by atoms with E-state index in [2.05, 4.69) is 10.3 Å². The van der Waals surface area contributed by atoms with Crippen molar-refractivity contribution in [2.24, 2.45) is 5.73 Å². The van der Waals surface area contributed by atoms with Gasteiger partial charge >= 0.3 is 0 Å². The number of amides is 1. The molecule has 104 valence electrons. The molecular formula is C16H19N3O. The van der Waals surface area contributed by atoms with Crippen LogP contribution >= 0.6 is 0 Å². The molecule has 1 aromatic heterocycles. The van der Waals surface area contributed by atoms with E-state index in [-0.39, 0.29) is 11.9 Å². The summed E-state index contributed by atoms with van der Waals surface area (Å²) in [7, 11) is 0. The van der Waals surface area contributed by atoms with Crippen molar-refractivity contribution in [2.75, 3.05) is 0 Å². The Balaban J connectivity index is 2.09. The molecule has 20 heavy (non-hydrogen) atoms. The predicted octanol–water partition coefficient (Wildman–Crippen LogP) is 2.34. The van der Waals surface area contributed by atoms with Gasteiger partial charge in [-0.3, -0.25) is 9.78 Å². The highest BCUT2D eigenvalue weighted by atomic mass is 16.1. The lowest BCUT2D eigenvalue weighted by molar-refractivity contribution is 0.0935. The second-order valence-electron chi connectivity index (χ2n) is 4.81. The van der Waals surface area contributed by atoms with Crippen molar-refractivity contribution in [1.29, 1.82) is 0 Å². The minimum atomic E-state index is -0.177. The number of hydrogen-bond acceptors (Lipinski definition) is 3. The van der Waals surface area contributed by atoms with Crippen molar-refractivity contribution in [3.63, 3.8) is 0 Å². The van der Waals surface area contributed by atoms with Crippen molar-refractivity contribution in [1.82, 2.24) is 10.3 Å². The third-order valence-corrected chi connectivity index (χ3v) is 3.30. The van der Waals surface area contributed by atoms with Crippen LogP contribution in [0.3, 0.4) is 0 Å². The first-order chi connectivity index (χ1) is 9.61. The van der Waals surface area contributed by atoms with Gasteiger partial charge in [-0.2, -0.15) is 0 Å². The van der Waals surface area contributed by atoms with E-state index in [0.29, 0.717) is 12.2 Å². The van der Waals surface area contributed by atoms with Crippen molar-refractivity contribution >= 4 is 5.91 Å². The fourth-order valence-corrected chi connectivity index (χ4v) is 2.10. The Morgan fingerprint density at radius 2 is 2.05 bits per heavy atom. The van der Waals surface area contributed by atoms with Gasteiger partial charge in [0.25, 0.3) is 5.91 Å². The minimum Gasteiger partial charge on any atom is -0.344 e. The number of pyridine rings is 1. The second kappa shape index (κ2) is 6.30. The van der Waals surface area contributed by atoms with Crippen LogP contribution in [0.1, 0.15) is 40.1 Å². The molecule has 1 heterocycles. The summed E-state index contributed by atoms with van der Waals surface area (Å²) in [4.78, 5) is 16.3. The highest BCUT2D eigenvalue weighted by molar-refractivity contribution is 5.92. The van der Waals surface area contributed by atoms with Crippen LogP contribution in [0.5, 0.6) is 0 Å². The fraction of sp³-hybridized carbons (Fsp3) is 0.250. The monoisotopic (exact) mass is 269 g/mol. The summed E-state index contributed by atoms with van der Waals surface area (Å²) in [5.41, 5.74) is 9.09. The molecule has 1 amide bonds. The average molecular weight is 269 g/mol. The predicted molar refractivity (Wildman–Crippen MR) is 79.2 cm³/mol. The zero-order chi connectivity index (χ0) is 14.5. The molecule has 0 bridgehead atoms. The molecular weight excluding hydrogens is 250 g/mol. The maximum Gasteiger partial charge on any atom is 0.270 e. The van der Waals surface area contributed by atoms with Gasteiger partial charge in [0.05, 0.1) is 6.04 Å². The van der Waals surface area contributed by atoms with Gasteiger partial charge in [-0.05, 0) is 36.6 Å². The molecule has 1 atom stereocenters. The number of carbonyl (C=O) groups excluding carboxylic acids is 1. The number of rotatable bonds is 4. The number of carbonyl (C=O) groups is 1. The highest BCUT2D eigenvalue weighted by Gasteiger charge is 2.13. The van der Waals surface area contributed by atoms with E-state index in [9.17, 15) is 4.79 Å². The zero-order valence-electron chi connectivity index (χ0n) is 11.8. The quantitative estimate of drug-likeness (QED) is 0.895. The van der Waals surface area contributed by atoms with E-state index in [0.717, 1.165) is 16.7 Å². The largest absolute Gasteiger partial charge is 0.344 e. The number of nitrogens with two attached hydrogens (primary N) is 1. The first-order valence-corrected chi connectivity index (χ1v) is 6.63. The van der Waals surface area contributed by atoms with E-state index in [4.69, 9.17) is 5.73 Å². The molecule has 4 nitrogen and oxygen atoms in total. The number of nitrogens with zero attached hydrogens (tertiary/aromatic N) is 1. The van der Waals surface area contributed by atoms with E-state index < -0.39 is 0 Å². The summed E-state index contributed by atoms with van der Waals surface area (Å²) in [5, 5.41) is 2.96. The number of hydrogen-bond donors (Lipinski definition) is 2. The third kappa shape index (κ3) is 3.22. The summed E-state index contributed by atoms with van der Waals surface area (Å²) >= 11 is 0. The Bertz CT molecular complexity index is 593. The van der Waals surface area contributed by atoms with Gasteiger partial charge in [0.2, 0.25) is 0 Å². The lowest BCUT2D eigenvalue weighted by Crippen LogP contribution is -2.27. The van der Waals surface area contributed by atoms with Crippen LogP contribution in [0.2, 0.25) is 0 Å². The van der Waals surface area contributed by atoms with Gasteiger partial charge in [-0.15, -0.1) is 0 Å². The molecule has 0 aliphatic carbocycles. The molecule has 2 aromatic rings. The number of aromatic nitrogens is 1. The average Bonchev–Trinajstić information content (AvgIpc) is 2.47.